The predicted molar refractivity (Wildman–Crippen MR) is 115 cm³/mol. The molecule has 0 saturated carbocycles. The lowest BCUT2D eigenvalue weighted by Gasteiger charge is -2.09. The van der Waals surface area contributed by atoms with Crippen LogP contribution in [0.15, 0.2) is 64.6 Å². The summed E-state index contributed by atoms with van der Waals surface area (Å²) in [5, 5.41) is 20.3. The van der Waals surface area contributed by atoms with Crippen molar-refractivity contribution in [3.05, 3.63) is 71.3 Å². The first-order chi connectivity index (χ1) is 15.2. The van der Waals surface area contributed by atoms with Crippen LogP contribution < -0.4 is 9.47 Å². The third-order valence-corrected chi connectivity index (χ3v) is 4.44. The normalized spacial score (nSPS) is 11.9. The van der Waals surface area contributed by atoms with Gasteiger partial charge in [0.05, 0.1) is 31.2 Å². The van der Waals surface area contributed by atoms with E-state index in [-0.39, 0.29) is 45.5 Å². The molecule has 0 bridgehead atoms. The number of phenolic OH excluding ortho intramolecular Hbond substituents is 2. The smallest absolute Gasteiger partial charge is 0.416 e. The highest BCUT2D eigenvalue weighted by Gasteiger charge is 2.31. The number of hydrogen-bond acceptors (Lipinski definition) is 6. The maximum Gasteiger partial charge on any atom is 0.416 e. The molecular weight excluding hydrogens is 425 g/mol. The van der Waals surface area contributed by atoms with Crippen LogP contribution in [0.1, 0.15) is 16.7 Å². The maximum absolute atomic E-state index is 13.4. The van der Waals surface area contributed by atoms with E-state index in [0.29, 0.717) is 0 Å². The van der Waals surface area contributed by atoms with Crippen molar-refractivity contribution < 1.29 is 32.9 Å². The summed E-state index contributed by atoms with van der Waals surface area (Å²) in [7, 11) is 2.76. The summed E-state index contributed by atoms with van der Waals surface area (Å²) < 4.78 is 50.2. The first-order valence-corrected chi connectivity index (χ1v) is 9.25. The minimum absolute atomic E-state index is 0.0240. The van der Waals surface area contributed by atoms with Gasteiger partial charge in [-0.25, -0.2) is 0 Å². The summed E-state index contributed by atoms with van der Waals surface area (Å²) in [5.74, 6) is 0.0534. The molecule has 0 fully saturated rings. The lowest BCUT2D eigenvalue weighted by molar-refractivity contribution is -0.137. The molecule has 0 aliphatic heterocycles. The van der Waals surface area contributed by atoms with Crippen molar-refractivity contribution in [1.82, 2.24) is 0 Å². The van der Waals surface area contributed by atoms with Crippen molar-refractivity contribution >= 4 is 23.8 Å². The Hall–Kier alpha value is -4.01. The number of nitrogens with zero attached hydrogens (tertiary/aromatic N) is 2. The zero-order valence-corrected chi connectivity index (χ0v) is 17.1. The van der Waals surface area contributed by atoms with Crippen molar-refractivity contribution in [2.45, 2.75) is 6.18 Å². The number of methoxy groups -OCH3 is 2. The third-order valence-electron chi connectivity index (χ3n) is 4.44. The van der Waals surface area contributed by atoms with Crippen LogP contribution in [0.5, 0.6) is 23.0 Å². The number of aromatic hydroxyl groups is 2. The number of aliphatic imine (C=N–C) groups is 2. The van der Waals surface area contributed by atoms with E-state index in [1.165, 1.54) is 44.8 Å². The Morgan fingerprint density at radius 1 is 0.750 bits per heavy atom. The summed E-state index contributed by atoms with van der Waals surface area (Å²) in [6.07, 6.45) is -2.16. The molecule has 3 rings (SSSR count). The number of halogens is 3. The Bertz CT molecular complexity index is 1090. The third kappa shape index (κ3) is 5.18. The molecule has 2 N–H and O–H groups in total. The largest absolute Gasteiger partial charge is 0.504 e. The average Bonchev–Trinajstić information content (AvgIpc) is 2.77. The van der Waals surface area contributed by atoms with Gasteiger partial charge >= 0.3 is 6.18 Å². The van der Waals surface area contributed by atoms with Crippen LogP contribution in [-0.2, 0) is 6.18 Å². The van der Waals surface area contributed by atoms with E-state index in [1.54, 1.807) is 24.3 Å². The predicted octanol–water partition coefficient (Wildman–Crippen LogP) is 5.64. The lowest BCUT2D eigenvalue weighted by atomic mass is 10.1. The van der Waals surface area contributed by atoms with Gasteiger partial charge in [0, 0.05) is 23.6 Å². The van der Waals surface area contributed by atoms with Crippen molar-refractivity contribution in [2.75, 3.05) is 14.2 Å². The van der Waals surface area contributed by atoms with Crippen LogP contribution in [-0.4, -0.2) is 36.9 Å². The second kappa shape index (κ2) is 9.42. The van der Waals surface area contributed by atoms with Crippen LogP contribution in [0.2, 0.25) is 0 Å². The molecule has 0 amide bonds. The van der Waals surface area contributed by atoms with Gasteiger partial charge in [-0.2, -0.15) is 13.2 Å². The molecule has 6 nitrogen and oxygen atoms in total. The fourth-order valence-electron chi connectivity index (χ4n) is 2.81. The summed E-state index contributed by atoms with van der Waals surface area (Å²) >= 11 is 0. The van der Waals surface area contributed by atoms with Gasteiger partial charge in [-0.1, -0.05) is 12.1 Å². The number of ether oxygens (including phenoxy) is 2. The van der Waals surface area contributed by atoms with Gasteiger partial charge < -0.3 is 19.7 Å². The molecule has 0 saturated heterocycles. The highest BCUT2D eigenvalue weighted by molar-refractivity contribution is 5.88. The van der Waals surface area contributed by atoms with Crippen molar-refractivity contribution in [3.8, 4) is 23.0 Å². The molecule has 3 aromatic carbocycles. The minimum Gasteiger partial charge on any atom is -0.504 e. The van der Waals surface area contributed by atoms with E-state index >= 15 is 0 Å². The van der Waals surface area contributed by atoms with E-state index in [0.717, 1.165) is 12.1 Å². The Morgan fingerprint density at radius 3 is 1.56 bits per heavy atom. The van der Waals surface area contributed by atoms with E-state index in [9.17, 15) is 23.4 Å². The van der Waals surface area contributed by atoms with E-state index in [4.69, 9.17) is 9.47 Å². The van der Waals surface area contributed by atoms with Gasteiger partial charge in [0.1, 0.15) is 0 Å². The van der Waals surface area contributed by atoms with Crippen LogP contribution in [0.25, 0.3) is 0 Å². The maximum atomic E-state index is 13.4. The van der Waals surface area contributed by atoms with Crippen molar-refractivity contribution in [3.63, 3.8) is 0 Å². The number of para-hydroxylation sites is 2. The van der Waals surface area contributed by atoms with Gasteiger partial charge in [-0.05, 0) is 42.5 Å². The molecule has 9 heteroatoms. The zero-order valence-electron chi connectivity index (χ0n) is 17.1. The Kier molecular flexibility index (Phi) is 6.67. The minimum atomic E-state index is -4.62. The fourth-order valence-corrected chi connectivity index (χ4v) is 2.81. The van der Waals surface area contributed by atoms with Gasteiger partial charge in [-0.3, -0.25) is 9.98 Å². The first-order valence-electron chi connectivity index (χ1n) is 9.25. The van der Waals surface area contributed by atoms with Crippen LogP contribution in [0, 0.1) is 0 Å². The molecule has 0 aromatic heterocycles. The number of benzene rings is 3. The Labute approximate surface area is 181 Å². The highest BCUT2D eigenvalue weighted by Crippen LogP contribution is 2.36. The van der Waals surface area contributed by atoms with Gasteiger partial charge in [0.25, 0.3) is 0 Å². The zero-order chi connectivity index (χ0) is 23.3. The SMILES string of the molecule is COc1cccc(/C=N/c2cc(/N=C/c3cccc(OC)c3O)cc(C(F)(F)F)c2)c1O. The molecular formula is C23H19F3N2O4. The molecule has 0 atom stereocenters. The van der Waals surface area contributed by atoms with Crippen LogP contribution in [0.3, 0.4) is 0 Å². The molecule has 0 unspecified atom stereocenters. The summed E-state index contributed by atoms with van der Waals surface area (Å²) in [4.78, 5) is 8.13. The summed E-state index contributed by atoms with van der Waals surface area (Å²) in [5.41, 5.74) is -0.446. The van der Waals surface area contributed by atoms with Gasteiger partial charge in [0.15, 0.2) is 23.0 Å². The van der Waals surface area contributed by atoms with Crippen molar-refractivity contribution in [2.24, 2.45) is 9.98 Å². The Morgan fingerprint density at radius 2 is 1.19 bits per heavy atom. The number of rotatable bonds is 6. The summed E-state index contributed by atoms with van der Waals surface area (Å²) in [6, 6.07) is 12.5. The van der Waals surface area contributed by atoms with E-state index in [1.807, 2.05) is 0 Å². The average molecular weight is 444 g/mol. The Balaban J connectivity index is 1.99. The topological polar surface area (TPSA) is 83.6 Å². The summed E-state index contributed by atoms with van der Waals surface area (Å²) in [6.45, 7) is 0. The van der Waals surface area contributed by atoms with E-state index < -0.39 is 11.7 Å². The monoisotopic (exact) mass is 444 g/mol. The molecule has 0 spiro atoms. The highest BCUT2D eigenvalue weighted by atomic mass is 19.4. The fraction of sp³-hybridized carbons (Fsp3) is 0.130. The molecule has 0 radical (unpaired) electrons. The molecule has 32 heavy (non-hydrogen) atoms. The van der Waals surface area contributed by atoms with Gasteiger partial charge in [-0.15, -0.1) is 0 Å². The second-order valence-electron chi connectivity index (χ2n) is 6.55. The second-order valence-corrected chi connectivity index (χ2v) is 6.55. The standard InChI is InChI=1S/C23H19F3N2O4/c1-31-19-7-3-5-14(21(19)29)12-27-17-9-16(23(24,25)26)10-18(11-17)28-13-15-6-4-8-20(32-2)22(15)30/h3-13,29-30H,1-2H3/b27-12+,28-13+. The molecule has 166 valence electrons. The quantitative estimate of drug-likeness (QED) is 0.483. The van der Waals surface area contributed by atoms with Crippen LogP contribution in [0.4, 0.5) is 24.5 Å². The molecule has 0 aliphatic rings. The molecule has 0 heterocycles. The first kappa shape index (κ1) is 22.7. The molecule has 3 aromatic rings. The number of phenols is 2. The number of alkyl halides is 3. The van der Waals surface area contributed by atoms with Gasteiger partial charge in [0.2, 0.25) is 0 Å². The van der Waals surface area contributed by atoms with Crippen molar-refractivity contribution in [1.29, 1.82) is 0 Å². The number of hydrogen-bond donors (Lipinski definition) is 2. The lowest BCUT2D eigenvalue weighted by Crippen LogP contribution is -2.04. The molecule has 0 aliphatic carbocycles. The van der Waals surface area contributed by atoms with Crippen LogP contribution >= 0.6 is 0 Å². The van der Waals surface area contributed by atoms with E-state index in [2.05, 4.69) is 9.98 Å².